The number of anilines is 2. The Balaban J connectivity index is 1.88. The molecular weight excluding hydrogens is 421 g/mol. The predicted molar refractivity (Wildman–Crippen MR) is 105 cm³/mol. The largest absolute Gasteiger partial charge is 0.459 e. The molecule has 6 nitrogen and oxygen atoms in total. The summed E-state index contributed by atoms with van der Waals surface area (Å²) < 4.78 is 70.4. The molecular formula is C20H17F3N2O4S. The lowest BCUT2D eigenvalue weighted by molar-refractivity contribution is -0.117. The van der Waals surface area contributed by atoms with Gasteiger partial charge >= 0.3 is 6.18 Å². The Morgan fingerprint density at radius 1 is 1.03 bits per heavy atom. The van der Waals surface area contributed by atoms with Crippen molar-refractivity contribution >= 4 is 27.3 Å². The maximum Gasteiger partial charge on any atom is 0.407 e. The van der Waals surface area contributed by atoms with E-state index in [2.05, 4.69) is 5.32 Å². The van der Waals surface area contributed by atoms with Gasteiger partial charge in [-0.25, -0.2) is 8.42 Å². The van der Waals surface area contributed by atoms with Gasteiger partial charge in [-0.2, -0.15) is 13.2 Å². The Hall–Kier alpha value is -3.27. The number of hydrogen-bond acceptors (Lipinski definition) is 4. The third-order valence-corrected chi connectivity index (χ3v) is 5.88. The average Bonchev–Trinajstić information content (AvgIpc) is 3.22. The Morgan fingerprint density at radius 2 is 1.67 bits per heavy atom. The zero-order valence-electron chi connectivity index (χ0n) is 15.7. The minimum Gasteiger partial charge on any atom is -0.459 e. The number of benzene rings is 2. The molecule has 3 aromatic rings. The van der Waals surface area contributed by atoms with Gasteiger partial charge in [0.1, 0.15) is 6.54 Å². The van der Waals surface area contributed by atoms with Crippen LogP contribution in [-0.4, -0.2) is 27.0 Å². The van der Waals surface area contributed by atoms with E-state index >= 15 is 0 Å². The highest BCUT2D eigenvalue weighted by atomic mass is 32.2. The summed E-state index contributed by atoms with van der Waals surface area (Å²) in [7, 11) is -4.51. The number of rotatable bonds is 6. The lowest BCUT2D eigenvalue weighted by Gasteiger charge is -2.25. The molecule has 10 heteroatoms. The fourth-order valence-electron chi connectivity index (χ4n) is 2.63. The van der Waals surface area contributed by atoms with E-state index in [1.807, 2.05) is 0 Å². The van der Waals surface area contributed by atoms with Crippen molar-refractivity contribution in [2.45, 2.75) is 18.0 Å². The van der Waals surface area contributed by atoms with E-state index in [-0.39, 0.29) is 22.0 Å². The van der Waals surface area contributed by atoms with Gasteiger partial charge < -0.3 is 9.73 Å². The van der Waals surface area contributed by atoms with Crippen molar-refractivity contribution in [3.05, 3.63) is 78.3 Å². The second kappa shape index (κ2) is 8.23. The van der Waals surface area contributed by atoms with E-state index < -0.39 is 28.7 Å². The Labute approximate surface area is 171 Å². The highest BCUT2D eigenvalue weighted by Gasteiger charge is 2.37. The molecule has 0 saturated heterocycles. The summed E-state index contributed by atoms with van der Waals surface area (Å²) in [6.45, 7) is 0.0670. The molecule has 1 amide bonds. The monoisotopic (exact) mass is 438 g/mol. The van der Waals surface area contributed by atoms with E-state index in [1.165, 1.54) is 54.8 Å². The average molecular weight is 438 g/mol. The first-order valence-corrected chi connectivity index (χ1v) is 10.1. The van der Waals surface area contributed by atoms with Crippen LogP contribution in [0.5, 0.6) is 0 Å². The predicted octanol–water partition coefficient (Wildman–Crippen LogP) is 4.60. The number of amides is 1. The van der Waals surface area contributed by atoms with Crippen LogP contribution in [0, 0.1) is 6.92 Å². The van der Waals surface area contributed by atoms with Crippen molar-refractivity contribution in [2.75, 3.05) is 16.2 Å². The molecule has 0 aliphatic heterocycles. The van der Waals surface area contributed by atoms with Crippen molar-refractivity contribution in [3.63, 3.8) is 0 Å². The number of nitrogens with one attached hydrogen (secondary N) is 1. The summed E-state index contributed by atoms with van der Waals surface area (Å²) in [6.07, 6.45) is -3.42. The first-order chi connectivity index (χ1) is 14.1. The molecule has 0 saturated carbocycles. The zero-order valence-corrected chi connectivity index (χ0v) is 16.5. The number of nitrogens with zero attached hydrogens (tertiary/aromatic N) is 1. The van der Waals surface area contributed by atoms with Gasteiger partial charge in [0.05, 0.1) is 16.8 Å². The van der Waals surface area contributed by atoms with Gasteiger partial charge in [-0.1, -0.05) is 17.7 Å². The second-order valence-electron chi connectivity index (χ2n) is 6.42. The summed E-state index contributed by atoms with van der Waals surface area (Å²) in [5.74, 6) is -0.489. The normalized spacial score (nSPS) is 11.9. The number of halogens is 3. The van der Waals surface area contributed by atoms with Gasteiger partial charge in [0.25, 0.3) is 15.9 Å². The van der Waals surface area contributed by atoms with Crippen molar-refractivity contribution in [3.8, 4) is 0 Å². The third kappa shape index (κ3) is 5.01. The van der Waals surface area contributed by atoms with Gasteiger partial charge in [-0.3, -0.25) is 9.10 Å². The Kier molecular flexibility index (Phi) is 5.88. The molecule has 0 fully saturated rings. The molecule has 3 rings (SSSR count). The molecule has 2 aromatic carbocycles. The van der Waals surface area contributed by atoms with Crippen LogP contribution in [0.3, 0.4) is 0 Å². The first-order valence-electron chi connectivity index (χ1n) is 8.67. The van der Waals surface area contributed by atoms with E-state index in [0.717, 1.165) is 17.7 Å². The van der Waals surface area contributed by atoms with Gasteiger partial charge in [-0.05, 0) is 55.5 Å². The minimum atomic E-state index is -4.74. The molecule has 0 aliphatic rings. The third-order valence-electron chi connectivity index (χ3n) is 4.09. The quantitative estimate of drug-likeness (QED) is 0.610. The maximum atomic E-state index is 13.1. The molecule has 0 unspecified atom stereocenters. The molecule has 30 heavy (non-hydrogen) atoms. The summed E-state index contributed by atoms with van der Waals surface area (Å²) in [5, 5.41) is 2.51. The number of furan rings is 1. The van der Waals surface area contributed by atoms with Crippen molar-refractivity contribution in [1.82, 2.24) is 0 Å². The molecule has 1 N–H and O–H groups in total. The van der Waals surface area contributed by atoms with E-state index in [4.69, 9.17) is 4.42 Å². The number of carbonyl (C=O) groups excluding carboxylic acids is 1. The summed E-state index contributed by atoms with van der Waals surface area (Å²) >= 11 is 0. The number of sulfonamides is 1. The van der Waals surface area contributed by atoms with Crippen LogP contribution >= 0.6 is 0 Å². The molecule has 0 atom stereocenters. The zero-order chi connectivity index (χ0) is 21.9. The smallest absolute Gasteiger partial charge is 0.407 e. The highest BCUT2D eigenvalue weighted by Crippen LogP contribution is 2.29. The van der Waals surface area contributed by atoms with Crippen molar-refractivity contribution in [1.29, 1.82) is 0 Å². The molecule has 1 heterocycles. The second-order valence-corrected chi connectivity index (χ2v) is 8.28. The number of aryl methyl sites for hydroxylation is 1. The molecule has 158 valence electrons. The fourth-order valence-corrected chi connectivity index (χ4v) is 4.08. The van der Waals surface area contributed by atoms with Crippen LogP contribution in [0.4, 0.5) is 24.5 Å². The van der Waals surface area contributed by atoms with E-state index in [1.54, 1.807) is 6.92 Å². The maximum absolute atomic E-state index is 13.1. The molecule has 0 spiro atoms. The highest BCUT2D eigenvalue weighted by molar-refractivity contribution is 7.92. The molecule has 0 aliphatic carbocycles. The van der Waals surface area contributed by atoms with Crippen molar-refractivity contribution < 1.29 is 30.8 Å². The van der Waals surface area contributed by atoms with Crippen LogP contribution in [0.2, 0.25) is 0 Å². The minimum absolute atomic E-state index is 0.0578. The van der Waals surface area contributed by atoms with Crippen LogP contribution in [-0.2, 0) is 10.0 Å². The first kappa shape index (κ1) is 21.4. The van der Waals surface area contributed by atoms with Crippen molar-refractivity contribution in [2.24, 2.45) is 0 Å². The molecule has 1 aromatic heterocycles. The standard InChI is InChI=1S/C20H17F3N2O4S/c1-14-4-8-16(9-5-14)25(13-20(21,22)23)30(27,28)17-10-6-15(7-11-17)24-19(26)18-3-2-12-29-18/h2-12H,13H2,1H3,(H,24,26). The number of hydrogen-bond donors (Lipinski definition) is 1. The van der Waals surface area contributed by atoms with Crippen LogP contribution in [0.1, 0.15) is 16.1 Å². The Bertz CT molecular complexity index is 1110. The number of alkyl halides is 3. The van der Waals surface area contributed by atoms with Gasteiger partial charge in [0, 0.05) is 5.69 Å². The lowest BCUT2D eigenvalue weighted by Crippen LogP contribution is -2.39. The molecule has 0 radical (unpaired) electrons. The SMILES string of the molecule is Cc1ccc(N(CC(F)(F)F)S(=O)(=O)c2ccc(NC(=O)c3ccco3)cc2)cc1. The Morgan fingerprint density at radius 3 is 2.20 bits per heavy atom. The van der Waals surface area contributed by atoms with Crippen LogP contribution in [0.25, 0.3) is 0 Å². The van der Waals surface area contributed by atoms with E-state index in [0.29, 0.717) is 4.31 Å². The van der Waals surface area contributed by atoms with Gasteiger partial charge in [0.15, 0.2) is 5.76 Å². The van der Waals surface area contributed by atoms with Gasteiger partial charge in [-0.15, -0.1) is 0 Å². The van der Waals surface area contributed by atoms with Crippen LogP contribution < -0.4 is 9.62 Å². The fraction of sp³-hybridized carbons (Fsp3) is 0.150. The lowest BCUT2D eigenvalue weighted by atomic mass is 10.2. The number of carbonyl (C=O) groups is 1. The van der Waals surface area contributed by atoms with Crippen LogP contribution in [0.15, 0.2) is 76.2 Å². The summed E-state index contributed by atoms with van der Waals surface area (Å²) in [5.41, 5.74) is 0.931. The molecule has 0 bridgehead atoms. The van der Waals surface area contributed by atoms with Gasteiger partial charge in [0.2, 0.25) is 0 Å². The van der Waals surface area contributed by atoms with E-state index in [9.17, 15) is 26.4 Å². The summed E-state index contributed by atoms with van der Waals surface area (Å²) in [6, 6.07) is 13.5. The topological polar surface area (TPSA) is 79.6 Å². The summed E-state index contributed by atoms with van der Waals surface area (Å²) in [4.78, 5) is 11.6.